The highest BCUT2D eigenvalue weighted by Gasteiger charge is 2.44. The summed E-state index contributed by atoms with van der Waals surface area (Å²) in [4.78, 5) is 53.6. The fraction of sp³-hybridized carbons (Fsp3) is 0.429. The molecule has 2 aromatic carbocycles. The minimum absolute atomic E-state index is 0.0503. The number of para-hydroxylation sites is 1. The SMILES string of the molecule is Cc1cc(C(C(=O)Nc2ccccc2C)N(C(=O)C(CC(N)=O)NC(=O)OC(C)(C)C)C2CC2)ccc1O. The summed E-state index contributed by atoms with van der Waals surface area (Å²) in [5.74, 6) is -1.85. The van der Waals surface area contributed by atoms with Crippen molar-refractivity contribution < 1.29 is 29.0 Å². The molecule has 4 amide bonds. The normalized spacial score (nSPS) is 14.7. The van der Waals surface area contributed by atoms with Gasteiger partial charge in [0.05, 0.1) is 6.42 Å². The summed E-state index contributed by atoms with van der Waals surface area (Å²) in [6.45, 7) is 8.57. The van der Waals surface area contributed by atoms with Crippen LogP contribution in [0.5, 0.6) is 5.75 Å². The van der Waals surface area contributed by atoms with Gasteiger partial charge in [0.1, 0.15) is 23.4 Å². The first-order valence-corrected chi connectivity index (χ1v) is 12.5. The molecular weight excluding hydrogens is 488 g/mol. The monoisotopic (exact) mass is 524 g/mol. The fourth-order valence-electron chi connectivity index (χ4n) is 4.10. The van der Waals surface area contributed by atoms with Gasteiger partial charge < -0.3 is 31.1 Å². The highest BCUT2D eigenvalue weighted by Crippen LogP contribution is 2.37. The quantitative estimate of drug-likeness (QED) is 0.394. The van der Waals surface area contributed by atoms with E-state index in [2.05, 4.69) is 10.6 Å². The Bertz CT molecular complexity index is 1220. The topological polar surface area (TPSA) is 151 Å². The molecule has 38 heavy (non-hydrogen) atoms. The lowest BCUT2D eigenvalue weighted by Gasteiger charge is -2.34. The van der Waals surface area contributed by atoms with Gasteiger partial charge in [0.25, 0.3) is 5.91 Å². The predicted octanol–water partition coefficient (Wildman–Crippen LogP) is 3.45. The number of benzene rings is 2. The lowest BCUT2D eigenvalue weighted by Crippen LogP contribution is -2.54. The molecule has 0 aliphatic heterocycles. The molecular formula is C28H36N4O6. The van der Waals surface area contributed by atoms with Crippen LogP contribution < -0.4 is 16.4 Å². The number of nitrogens with one attached hydrogen (secondary N) is 2. The summed E-state index contributed by atoms with van der Waals surface area (Å²) in [5, 5.41) is 15.5. The van der Waals surface area contributed by atoms with Crippen molar-refractivity contribution >= 4 is 29.5 Å². The van der Waals surface area contributed by atoms with Crippen molar-refractivity contribution in [1.82, 2.24) is 10.2 Å². The molecule has 0 saturated heterocycles. The van der Waals surface area contributed by atoms with E-state index in [9.17, 15) is 24.3 Å². The van der Waals surface area contributed by atoms with Crippen molar-refractivity contribution in [3.63, 3.8) is 0 Å². The Hall–Kier alpha value is -4.08. The highest BCUT2D eigenvalue weighted by atomic mass is 16.6. The highest BCUT2D eigenvalue weighted by molar-refractivity contribution is 6.00. The third-order valence-corrected chi connectivity index (χ3v) is 6.06. The van der Waals surface area contributed by atoms with Crippen LogP contribution in [0.2, 0.25) is 0 Å². The van der Waals surface area contributed by atoms with E-state index in [-0.39, 0.29) is 11.8 Å². The van der Waals surface area contributed by atoms with Crippen LogP contribution >= 0.6 is 0 Å². The summed E-state index contributed by atoms with van der Waals surface area (Å²) < 4.78 is 5.29. The Labute approximate surface area is 222 Å². The molecule has 1 aliphatic rings. The van der Waals surface area contributed by atoms with Crippen molar-refractivity contribution in [2.75, 3.05) is 5.32 Å². The van der Waals surface area contributed by atoms with Crippen molar-refractivity contribution in [3.05, 3.63) is 59.2 Å². The van der Waals surface area contributed by atoms with Gasteiger partial charge in [-0.25, -0.2) is 4.79 Å². The molecule has 2 unspecified atom stereocenters. The molecule has 1 aliphatic carbocycles. The second-order valence-electron chi connectivity index (χ2n) is 10.6. The summed E-state index contributed by atoms with van der Waals surface area (Å²) in [5.41, 5.74) is 7.01. The zero-order chi connectivity index (χ0) is 28.2. The van der Waals surface area contributed by atoms with Crippen molar-refractivity contribution in [2.45, 2.75) is 77.6 Å². The number of rotatable bonds is 9. The van der Waals surface area contributed by atoms with Gasteiger partial charge in [0, 0.05) is 11.7 Å². The predicted molar refractivity (Wildman–Crippen MR) is 142 cm³/mol. The number of hydrogen-bond acceptors (Lipinski definition) is 6. The molecule has 0 radical (unpaired) electrons. The van der Waals surface area contributed by atoms with Crippen LogP contribution in [0.15, 0.2) is 42.5 Å². The van der Waals surface area contributed by atoms with Gasteiger partial charge in [0.2, 0.25) is 11.8 Å². The number of ether oxygens (including phenoxy) is 1. The van der Waals surface area contributed by atoms with E-state index in [1.54, 1.807) is 52.0 Å². The fourth-order valence-corrected chi connectivity index (χ4v) is 4.10. The number of aromatic hydroxyl groups is 1. The summed E-state index contributed by atoms with van der Waals surface area (Å²) in [7, 11) is 0. The Kier molecular flexibility index (Phi) is 8.65. The van der Waals surface area contributed by atoms with Crippen LogP contribution in [-0.2, 0) is 19.1 Å². The number of nitrogens with zero attached hydrogens (tertiary/aromatic N) is 1. The molecule has 0 spiro atoms. The maximum absolute atomic E-state index is 14.0. The number of hydrogen-bond donors (Lipinski definition) is 4. The number of primary amides is 1. The molecule has 1 fully saturated rings. The van der Waals surface area contributed by atoms with Crippen molar-refractivity contribution in [1.29, 1.82) is 0 Å². The van der Waals surface area contributed by atoms with Gasteiger partial charge in [-0.2, -0.15) is 0 Å². The maximum atomic E-state index is 14.0. The lowest BCUT2D eigenvalue weighted by molar-refractivity contribution is -0.142. The Morgan fingerprint density at radius 3 is 2.29 bits per heavy atom. The average molecular weight is 525 g/mol. The maximum Gasteiger partial charge on any atom is 0.408 e. The number of anilines is 1. The molecule has 10 heteroatoms. The molecule has 204 valence electrons. The van der Waals surface area contributed by atoms with Crippen molar-refractivity contribution in [3.8, 4) is 5.75 Å². The van der Waals surface area contributed by atoms with Crippen LogP contribution in [0, 0.1) is 13.8 Å². The molecule has 10 nitrogen and oxygen atoms in total. The van der Waals surface area contributed by atoms with Gasteiger partial charge in [-0.05, 0) is 82.3 Å². The van der Waals surface area contributed by atoms with Crippen molar-refractivity contribution in [2.24, 2.45) is 5.73 Å². The number of phenolic OH excluding ortho intramolecular Hbond substituents is 1. The molecule has 0 bridgehead atoms. The van der Waals surface area contributed by atoms with Crippen LogP contribution in [0.1, 0.15) is 62.8 Å². The molecule has 1 saturated carbocycles. The summed E-state index contributed by atoms with van der Waals surface area (Å²) in [6.07, 6.45) is -0.0595. The van der Waals surface area contributed by atoms with E-state index < -0.39 is 47.9 Å². The Morgan fingerprint density at radius 2 is 1.74 bits per heavy atom. The smallest absolute Gasteiger partial charge is 0.408 e. The second kappa shape index (κ2) is 11.5. The molecule has 0 heterocycles. The first-order valence-electron chi connectivity index (χ1n) is 12.5. The van der Waals surface area contributed by atoms with Gasteiger partial charge in [-0.15, -0.1) is 0 Å². The van der Waals surface area contributed by atoms with Crippen LogP contribution in [0.3, 0.4) is 0 Å². The summed E-state index contributed by atoms with van der Waals surface area (Å²) >= 11 is 0. The molecule has 2 atom stereocenters. The number of phenols is 1. The van der Waals surface area contributed by atoms with Crippen LogP contribution in [0.25, 0.3) is 0 Å². The lowest BCUT2D eigenvalue weighted by atomic mass is 9.99. The molecule has 0 aromatic heterocycles. The zero-order valence-corrected chi connectivity index (χ0v) is 22.4. The van der Waals surface area contributed by atoms with Crippen LogP contribution in [-0.4, -0.2) is 51.5 Å². The van der Waals surface area contributed by atoms with E-state index >= 15 is 0 Å². The van der Waals surface area contributed by atoms with E-state index in [1.807, 2.05) is 19.1 Å². The standard InChI is InChI=1S/C28H36N4O6/c1-16-8-6-7-9-20(16)30-25(35)24(18-10-13-22(33)17(2)14-18)32(19-11-12-19)26(36)21(15-23(29)34)31-27(37)38-28(3,4)5/h6-10,13-14,19,21,24,33H,11-12,15H2,1-5H3,(H2,29,34)(H,30,35)(H,31,37). The number of alkyl carbamates (subject to hydrolysis) is 1. The van der Waals surface area contributed by atoms with Crippen LogP contribution in [0.4, 0.5) is 10.5 Å². The largest absolute Gasteiger partial charge is 0.508 e. The molecule has 2 aromatic rings. The van der Waals surface area contributed by atoms with Gasteiger partial charge in [0.15, 0.2) is 0 Å². The van der Waals surface area contributed by atoms with Gasteiger partial charge in [-0.1, -0.05) is 24.3 Å². The minimum atomic E-state index is -1.34. The third-order valence-electron chi connectivity index (χ3n) is 6.06. The van der Waals surface area contributed by atoms with Gasteiger partial charge >= 0.3 is 6.09 Å². The summed E-state index contributed by atoms with van der Waals surface area (Å²) in [6, 6.07) is 9.21. The van der Waals surface area contributed by atoms with E-state index in [4.69, 9.17) is 10.5 Å². The van der Waals surface area contributed by atoms with Gasteiger partial charge in [-0.3, -0.25) is 14.4 Å². The first kappa shape index (κ1) is 28.5. The molecule has 3 rings (SSSR count). The molecule has 5 N–H and O–H groups in total. The Balaban J connectivity index is 2.03. The third kappa shape index (κ3) is 7.47. The number of nitrogens with two attached hydrogens (primary N) is 1. The second-order valence-corrected chi connectivity index (χ2v) is 10.6. The Morgan fingerprint density at radius 1 is 1.08 bits per heavy atom. The van der Waals surface area contributed by atoms with E-state index in [0.29, 0.717) is 29.7 Å². The first-order chi connectivity index (χ1) is 17.8. The minimum Gasteiger partial charge on any atom is -0.508 e. The van der Waals surface area contributed by atoms with E-state index in [0.717, 1.165) is 5.56 Å². The number of carbonyl (C=O) groups excluding carboxylic acids is 4. The number of carbonyl (C=O) groups is 4. The number of amides is 4. The number of aryl methyl sites for hydroxylation is 2. The zero-order valence-electron chi connectivity index (χ0n) is 22.4. The average Bonchev–Trinajstić information content (AvgIpc) is 3.63. The van der Waals surface area contributed by atoms with E-state index in [1.165, 1.54) is 11.0 Å².